The zero-order valence-corrected chi connectivity index (χ0v) is 8.09. The Morgan fingerprint density at radius 1 is 1.46 bits per heavy atom. The van der Waals surface area contributed by atoms with Crippen LogP contribution in [-0.4, -0.2) is 35.7 Å². The van der Waals surface area contributed by atoms with E-state index >= 15 is 0 Å². The monoisotopic (exact) mass is 189 g/mol. The Bertz CT molecular complexity index is 200. The van der Waals surface area contributed by atoms with Gasteiger partial charge in [-0.15, -0.1) is 0 Å². The highest BCUT2D eigenvalue weighted by molar-refractivity contribution is 5.79. The highest BCUT2D eigenvalue weighted by atomic mass is 16.5. The van der Waals surface area contributed by atoms with E-state index in [2.05, 4.69) is 10.1 Å². The molecule has 5 heteroatoms. The Morgan fingerprint density at radius 2 is 2.00 bits per heavy atom. The average Bonchev–Trinajstić information content (AvgIpc) is 2.01. The summed E-state index contributed by atoms with van der Waals surface area (Å²) in [4.78, 5) is 21.4. The summed E-state index contributed by atoms with van der Waals surface area (Å²) in [6.45, 7) is 4.87. The van der Waals surface area contributed by atoms with Crippen LogP contribution in [-0.2, 0) is 14.3 Å². The van der Waals surface area contributed by atoms with Crippen LogP contribution in [0.15, 0.2) is 0 Å². The number of ether oxygens (including phenoxy) is 1. The lowest BCUT2D eigenvalue weighted by Gasteiger charge is -2.19. The molecule has 0 saturated heterocycles. The Labute approximate surface area is 77.1 Å². The first-order valence-corrected chi connectivity index (χ1v) is 4.04. The van der Waals surface area contributed by atoms with E-state index < -0.39 is 17.5 Å². The molecule has 0 bridgehead atoms. The van der Waals surface area contributed by atoms with E-state index in [4.69, 9.17) is 5.11 Å². The third-order valence-electron chi connectivity index (χ3n) is 1.51. The fourth-order valence-corrected chi connectivity index (χ4v) is 0.581. The summed E-state index contributed by atoms with van der Waals surface area (Å²) in [5.74, 6) is -1.45. The molecular formula is C8H15NO4. The van der Waals surface area contributed by atoms with Gasteiger partial charge in [0.1, 0.15) is 5.54 Å². The molecule has 2 N–H and O–H groups in total. The second-order valence-electron chi connectivity index (χ2n) is 3.09. The standard InChI is InChI=1S/C8H15NO4/c1-4-13-6(10)5-9-8(2,3)7(11)12/h9H,4-5H2,1-3H3,(H,11,12). The summed E-state index contributed by atoms with van der Waals surface area (Å²) in [5, 5.41) is 11.2. The van der Waals surface area contributed by atoms with Gasteiger partial charge in [-0.25, -0.2) is 0 Å². The first-order valence-electron chi connectivity index (χ1n) is 4.04. The molecule has 0 aliphatic rings. The maximum Gasteiger partial charge on any atom is 0.323 e. The van der Waals surface area contributed by atoms with Crippen molar-refractivity contribution in [2.24, 2.45) is 0 Å². The van der Waals surface area contributed by atoms with Crippen molar-refractivity contribution in [3.05, 3.63) is 0 Å². The number of carboxylic acid groups (broad SMARTS) is 1. The van der Waals surface area contributed by atoms with E-state index in [1.54, 1.807) is 6.92 Å². The van der Waals surface area contributed by atoms with Crippen LogP contribution in [0.25, 0.3) is 0 Å². The van der Waals surface area contributed by atoms with Crippen molar-refractivity contribution in [2.45, 2.75) is 26.3 Å². The lowest BCUT2D eigenvalue weighted by molar-refractivity contribution is -0.145. The van der Waals surface area contributed by atoms with Crippen LogP contribution < -0.4 is 5.32 Å². The fourth-order valence-electron chi connectivity index (χ4n) is 0.581. The molecule has 0 atom stereocenters. The van der Waals surface area contributed by atoms with E-state index in [1.165, 1.54) is 13.8 Å². The van der Waals surface area contributed by atoms with Gasteiger partial charge in [-0.2, -0.15) is 0 Å². The molecule has 0 unspecified atom stereocenters. The molecular weight excluding hydrogens is 174 g/mol. The maximum atomic E-state index is 10.8. The predicted octanol–water partition coefficient (Wildman–Crippen LogP) is 0.00230. The number of carboxylic acids is 1. The van der Waals surface area contributed by atoms with Crippen LogP contribution >= 0.6 is 0 Å². The molecule has 0 heterocycles. The quantitative estimate of drug-likeness (QED) is 0.595. The minimum atomic E-state index is -1.10. The predicted molar refractivity (Wildman–Crippen MR) is 46.4 cm³/mol. The van der Waals surface area contributed by atoms with Gasteiger partial charge in [0.25, 0.3) is 0 Å². The van der Waals surface area contributed by atoms with E-state index in [0.717, 1.165) is 0 Å². The first-order chi connectivity index (χ1) is 5.90. The second-order valence-corrected chi connectivity index (χ2v) is 3.09. The third kappa shape index (κ3) is 4.47. The summed E-state index contributed by atoms with van der Waals surface area (Å²) in [6.07, 6.45) is 0. The van der Waals surface area contributed by atoms with E-state index in [0.29, 0.717) is 6.61 Å². The Hall–Kier alpha value is -1.10. The SMILES string of the molecule is CCOC(=O)CNC(C)(C)C(=O)O. The Kier molecular flexibility index (Phi) is 4.40. The van der Waals surface area contributed by atoms with Crippen molar-refractivity contribution in [3.8, 4) is 0 Å². The molecule has 0 aliphatic carbocycles. The summed E-state index contributed by atoms with van der Waals surface area (Å²) in [6, 6.07) is 0. The summed E-state index contributed by atoms with van der Waals surface area (Å²) < 4.78 is 4.62. The fraction of sp³-hybridized carbons (Fsp3) is 0.750. The van der Waals surface area contributed by atoms with Gasteiger partial charge in [0.2, 0.25) is 0 Å². The zero-order valence-electron chi connectivity index (χ0n) is 8.09. The van der Waals surface area contributed by atoms with Gasteiger partial charge in [0.05, 0.1) is 13.2 Å². The number of hydrogen-bond acceptors (Lipinski definition) is 4. The van der Waals surface area contributed by atoms with Gasteiger partial charge in [-0.05, 0) is 20.8 Å². The number of hydrogen-bond donors (Lipinski definition) is 2. The van der Waals surface area contributed by atoms with Gasteiger partial charge in [0, 0.05) is 0 Å². The molecule has 0 saturated carbocycles. The molecule has 0 spiro atoms. The summed E-state index contributed by atoms with van der Waals surface area (Å²) in [7, 11) is 0. The molecule has 0 aromatic carbocycles. The average molecular weight is 189 g/mol. The van der Waals surface area contributed by atoms with E-state index in [9.17, 15) is 9.59 Å². The molecule has 0 aromatic rings. The largest absolute Gasteiger partial charge is 0.480 e. The normalized spacial score (nSPS) is 11.0. The van der Waals surface area contributed by atoms with Crippen LogP contribution in [0.1, 0.15) is 20.8 Å². The van der Waals surface area contributed by atoms with Crippen molar-refractivity contribution >= 4 is 11.9 Å². The third-order valence-corrected chi connectivity index (χ3v) is 1.51. The molecule has 0 rings (SSSR count). The molecule has 0 fully saturated rings. The van der Waals surface area contributed by atoms with Crippen LogP contribution in [0.3, 0.4) is 0 Å². The van der Waals surface area contributed by atoms with Gasteiger partial charge in [0.15, 0.2) is 0 Å². The number of nitrogens with one attached hydrogen (secondary N) is 1. The van der Waals surface area contributed by atoms with Crippen molar-refractivity contribution in [2.75, 3.05) is 13.2 Å². The van der Waals surface area contributed by atoms with Gasteiger partial charge < -0.3 is 9.84 Å². The van der Waals surface area contributed by atoms with Gasteiger partial charge in [-0.1, -0.05) is 0 Å². The van der Waals surface area contributed by atoms with Crippen LogP contribution in [0, 0.1) is 0 Å². The van der Waals surface area contributed by atoms with Crippen LogP contribution in [0.2, 0.25) is 0 Å². The van der Waals surface area contributed by atoms with Crippen molar-refractivity contribution in [1.82, 2.24) is 5.32 Å². The highest BCUT2D eigenvalue weighted by Crippen LogP contribution is 2.00. The molecule has 0 aromatic heterocycles. The molecule has 0 aliphatic heterocycles. The van der Waals surface area contributed by atoms with Crippen molar-refractivity contribution < 1.29 is 19.4 Å². The first kappa shape index (κ1) is 11.9. The molecule has 13 heavy (non-hydrogen) atoms. The van der Waals surface area contributed by atoms with Crippen LogP contribution in [0.5, 0.6) is 0 Å². The minimum absolute atomic E-state index is 0.0901. The lowest BCUT2D eigenvalue weighted by atomic mass is 10.1. The molecule has 76 valence electrons. The maximum absolute atomic E-state index is 10.8. The van der Waals surface area contributed by atoms with Crippen LogP contribution in [0.4, 0.5) is 0 Å². The minimum Gasteiger partial charge on any atom is -0.480 e. The Morgan fingerprint density at radius 3 is 2.38 bits per heavy atom. The smallest absolute Gasteiger partial charge is 0.323 e. The number of carbonyl (C=O) groups is 2. The topological polar surface area (TPSA) is 75.6 Å². The Balaban J connectivity index is 3.88. The van der Waals surface area contributed by atoms with Crippen molar-refractivity contribution in [3.63, 3.8) is 0 Å². The van der Waals surface area contributed by atoms with E-state index in [-0.39, 0.29) is 6.54 Å². The van der Waals surface area contributed by atoms with Gasteiger partial charge >= 0.3 is 11.9 Å². The molecule has 0 radical (unpaired) electrons. The number of aliphatic carboxylic acids is 1. The van der Waals surface area contributed by atoms with Crippen molar-refractivity contribution in [1.29, 1.82) is 0 Å². The molecule has 5 nitrogen and oxygen atoms in total. The van der Waals surface area contributed by atoms with Gasteiger partial charge in [-0.3, -0.25) is 14.9 Å². The van der Waals surface area contributed by atoms with E-state index in [1.807, 2.05) is 0 Å². The lowest BCUT2D eigenvalue weighted by Crippen LogP contribution is -2.48. The number of esters is 1. The summed E-state index contributed by atoms with van der Waals surface area (Å²) in [5.41, 5.74) is -1.10. The highest BCUT2D eigenvalue weighted by Gasteiger charge is 2.26. The number of rotatable bonds is 5. The zero-order chi connectivity index (χ0) is 10.5. The summed E-state index contributed by atoms with van der Waals surface area (Å²) >= 11 is 0. The number of carbonyl (C=O) groups excluding carboxylic acids is 1. The second kappa shape index (κ2) is 4.81. The molecule has 0 amide bonds.